The van der Waals surface area contributed by atoms with Crippen molar-refractivity contribution in [3.05, 3.63) is 33.6 Å². The molecule has 3 rings (SSSR count). The number of nitrogens with two attached hydrogens (primary N) is 1. The topological polar surface area (TPSA) is 94.0 Å². The summed E-state index contributed by atoms with van der Waals surface area (Å²) in [6, 6.07) is 2.91. The second-order valence-electron chi connectivity index (χ2n) is 4.53. The molecule has 1 heterocycles. The summed E-state index contributed by atoms with van der Waals surface area (Å²) in [5, 5.41) is 10.6. The Kier molecular flexibility index (Phi) is 3.27. The highest BCUT2D eigenvalue weighted by molar-refractivity contribution is 6.39. The van der Waals surface area contributed by atoms with Gasteiger partial charge in [-0.25, -0.2) is 0 Å². The maximum Gasteiger partial charge on any atom is 0.322 e. The standard InChI is InChI=1S/C12H10Cl2N4O2/c13-7-3-6(4-8(14)9(7)15)10(19)16-12-18-17-11(20-12)5-1-2-5/h3-5H,1-2,15H2,(H,16,18,19). The fourth-order valence-corrected chi connectivity index (χ4v) is 2.15. The number of benzene rings is 1. The molecule has 0 bridgehead atoms. The number of hydrogen-bond acceptors (Lipinski definition) is 5. The largest absolute Gasteiger partial charge is 0.408 e. The van der Waals surface area contributed by atoms with E-state index in [0.717, 1.165) is 12.8 Å². The molecule has 1 aliphatic carbocycles. The van der Waals surface area contributed by atoms with E-state index in [1.54, 1.807) is 0 Å². The lowest BCUT2D eigenvalue weighted by molar-refractivity contribution is 0.102. The lowest BCUT2D eigenvalue weighted by Gasteiger charge is -2.05. The molecule has 1 aliphatic rings. The maximum absolute atomic E-state index is 12.0. The van der Waals surface area contributed by atoms with Gasteiger partial charge in [0, 0.05) is 11.5 Å². The maximum atomic E-state index is 12.0. The highest BCUT2D eigenvalue weighted by Gasteiger charge is 2.29. The average Bonchev–Trinajstić information content (AvgIpc) is 3.16. The molecule has 0 unspecified atom stereocenters. The molecule has 1 saturated carbocycles. The van der Waals surface area contributed by atoms with Crippen LogP contribution in [0.4, 0.5) is 11.7 Å². The second-order valence-corrected chi connectivity index (χ2v) is 5.34. The van der Waals surface area contributed by atoms with E-state index >= 15 is 0 Å². The number of hydrogen-bond donors (Lipinski definition) is 2. The summed E-state index contributed by atoms with van der Waals surface area (Å²) in [7, 11) is 0. The van der Waals surface area contributed by atoms with Crippen LogP contribution in [0, 0.1) is 0 Å². The van der Waals surface area contributed by atoms with Crippen molar-refractivity contribution in [2.24, 2.45) is 0 Å². The van der Waals surface area contributed by atoms with Crippen molar-refractivity contribution < 1.29 is 9.21 Å². The Balaban J connectivity index is 1.78. The molecule has 104 valence electrons. The zero-order valence-corrected chi connectivity index (χ0v) is 11.7. The fraction of sp³-hybridized carbons (Fsp3) is 0.250. The smallest absolute Gasteiger partial charge is 0.322 e. The van der Waals surface area contributed by atoms with Crippen LogP contribution >= 0.6 is 23.2 Å². The predicted octanol–water partition coefficient (Wildman–Crippen LogP) is 3.09. The Bertz CT molecular complexity index is 659. The van der Waals surface area contributed by atoms with Gasteiger partial charge < -0.3 is 10.2 Å². The zero-order valence-electron chi connectivity index (χ0n) is 10.2. The summed E-state index contributed by atoms with van der Waals surface area (Å²) in [6.45, 7) is 0. The summed E-state index contributed by atoms with van der Waals surface area (Å²) in [5.41, 5.74) is 6.11. The number of nitrogens with one attached hydrogen (secondary N) is 1. The van der Waals surface area contributed by atoms with Crippen LogP contribution in [0.2, 0.25) is 10.0 Å². The normalized spacial score (nSPS) is 14.3. The van der Waals surface area contributed by atoms with Crippen LogP contribution in [0.25, 0.3) is 0 Å². The van der Waals surface area contributed by atoms with E-state index in [9.17, 15) is 4.79 Å². The van der Waals surface area contributed by atoms with Crippen LogP contribution in [0.1, 0.15) is 35.0 Å². The Morgan fingerprint density at radius 3 is 2.55 bits per heavy atom. The molecule has 6 nitrogen and oxygen atoms in total. The number of aromatic nitrogens is 2. The molecule has 1 aromatic heterocycles. The monoisotopic (exact) mass is 312 g/mol. The summed E-state index contributed by atoms with van der Waals surface area (Å²) >= 11 is 11.8. The Morgan fingerprint density at radius 2 is 1.95 bits per heavy atom. The van der Waals surface area contributed by atoms with Crippen LogP contribution in [-0.2, 0) is 0 Å². The van der Waals surface area contributed by atoms with E-state index in [1.165, 1.54) is 12.1 Å². The minimum atomic E-state index is -0.445. The van der Waals surface area contributed by atoms with Gasteiger partial charge >= 0.3 is 6.01 Å². The summed E-state index contributed by atoms with van der Waals surface area (Å²) in [6.07, 6.45) is 2.08. The number of anilines is 2. The number of amides is 1. The quantitative estimate of drug-likeness (QED) is 0.849. The Morgan fingerprint density at radius 1 is 1.30 bits per heavy atom. The minimum absolute atomic E-state index is 0.0565. The van der Waals surface area contributed by atoms with Gasteiger partial charge in [-0.05, 0) is 25.0 Å². The van der Waals surface area contributed by atoms with Gasteiger partial charge in [0.15, 0.2) is 0 Å². The van der Waals surface area contributed by atoms with Crippen molar-refractivity contribution in [2.75, 3.05) is 11.1 Å². The second kappa shape index (κ2) is 4.96. The van der Waals surface area contributed by atoms with Crippen molar-refractivity contribution in [1.82, 2.24) is 10.2 Å². The van der Waals surface area contributed by atoms with Gasteiger partial charge in [-0.15, -0.1) is 5.10 Å². The molecule has 1 aromatic carbocycles. The van der Waals surface area contributed by atoms with Crippen LogP contribution in [0.15, 0.2) is 16.5 Å². The fourth-order valence-electron chi connectivity index (χ4n) is 1.67. The number of carbonyl (C=O) groups is 1. The molecule has 0 aliphatic heterocycles. The van der Waals surface area contributed by atoms with Crippen molar-refractivity contribution in [3.8, 4) is 0 Å². The molecular formula is C12H10Cl2N4O2. The van der Waals surface area contributed by atoms with Crippen molar-refractivity contribution >= 4 is 40.8 Å². The molecule has 3 N–H and O–H groups in total. The molecule has 0 saturated heterocycles. The number of halogens is 2. The number of rotatable bonds is 3. The SMILES string of the molecule is Nc1c(Cl)cc(C(=O)Nc2nnc(C3CC3)o2)cc1Cl. The van der Waals surface area contributed by atoms with Crippen LogP contribution in [0.3, 0.4) is 0 Å². The Hall–Kier alpha value is -1.79. The third kappa shape index (κ3) is 2.57. The predicted molar refractivity (Wildman–Crippen MR) is 75.1 cm³/mol. The highest BCUT2D eigenvalue weighted by Crippen LogP contribution is 2.39. The van der Waals surface area contributed by atoms with Crippen LogP contribution in [0.5, 0.6) is 0 Å². The first kappa shape index (κ1) is 13.2. The van der Waals surface area contributed by atoms with Gasteiger partial charge in [-0.1, -0.05) is 28.3 Å². The van der Waals surface area contributed by atoms with E-state index in [2.05, 4.69) is 15.5 Å². The molecule has 1 fully saturated rings. The molecule has 0 radical (unpaired) electrons. The minimum Gasteiger partial charge on any atom is -0.408 e. The summed E-state index contributed by atoms with van der Waals surface area (Å²) in [5.74, 6) is 0.432. The number of nitrogens with zero attached hydrogens (tertiary/aromatic N) is 2. The number of carbonyl (C=O) groups excluding carboxylic acids is 1. The van der Waals surface area contributed by atoms with E-state index in [0.29, 0.717) is 11.8 Å². The molecule has 20 heavy (non-hydrogen) atoms. The van der Waals surface area contributed by atoms with Gasteiger partial charge in [-0.2, -0.15) is 0 Å². The van der Waals surface area contributed by atoms with Gasteiger partial charge in [0.05, 0.1) is 15.7 Å². The van der Waals surface area contributed by atoms with E-state index in [4.69, 9.17) is 33.4 Å². The summed E-state index contributed by atoms with van der Waals surface area (Å²) in [4.78, 5) is 12.0. The highest BCUT2D eigenvalue weighted by atomic mass is 35.5. The zero-order chi connectivity index (χ0) is 14.3. The third-order valence-corrected chi connectivity index (χ3v) is 3.55. The van der Waals surface area contributed by atoms with Gasteiger partial charge in [0.1, 0.15) is 0 Å². The third-order valence-electron chi connectivity index (χ3n) is 2.93. The first-order valence-corrected chi connectivity index (χ1v) is 6.69. The van der Waals surface area contributed by atoms with E-state index < -0.39 is 5.91 Å². The van der Waals surface area contributed by atoms with Crippen LogP contribution in [-0.4, -0.2) is 16.1 Å². The Labute approximate surface area is 124 Å². The lowest BCUT2D eigenvalue weighted by atomic mass is 10.2. The van der Waals surface area contributed by atoms with Gasteiger partial charge in [-0.3, -0.25) is 10.1 Å². The summed E-state index contributed by atoms with van der Waals surface area (Å²) < 4.78 is 5.34. The van der Waals surface area contributed by atoms with Crippen molar-refractivity contribution in [2.45, 2.75) is 18.8 Å². The van der Waals surface area contributed by atoms with Crippen LogP contribution < -0.4 is 11.1 Å². The average molecular weight is 313 g/mol. The molecule has 1 amide bonds. The van der Waals surface area contributed by atoms with Crippen molar-refractivity contribution in [1.29, 1.82) is 0 Å². The van der Waals surface area contributed by atoms with E-state index in [1.807, 2.05) is 0 Å². The molecule has 0 spiro atoms. The van der Waals surface area contributed by atoms with Gasteiger partial charge in [0.25, 0.3) is 5.91 Å². The molecule has 0 atom stereocenters. The molecule has 2 aromatic rings. The van der Waals surface area contributed by atoms with E-state index in [-0.39, 0.29) is 27.3 Å². The number of nitrogen functional groups attached to an aromatic ring is 1. The molecule has 8 heteroatoms. The van der Waals surface area contributed by atoms with Crippen molar-refractivity contribution in [3.63, 3.8) is 0 Å². The first-order chi connectivity index (χ1) is 9.54. The first-order valence-electron chi connectivity index (χ1n) is 5.94. The van der Waals surface area contributed by atoms with Gasteiger partial charge in [0.2, 0.25) is 5.89 Å². The lowest BCUT2D eigenvalue weighted by Crippen LogP contribution is -2.12. The molecular weight excluding hydrogens is 303 g/mol.